The number of likely N-dealkylation sites (N-methyl/N-ethyl adjacent to an activating group) is 1. The molecular weight excluding hydrogens is 330 g/mol. The second-order valence-electron chi connectivity index (χ2n) is 7.28. The van der Waals surface area contributed by atoms with Crippen LogP contribution in [0.25, 0.3) is 0 Å². The largest absolute Gasteiger partial charge is 0.386 e. The van der Waals surface area contributed by atoms with E-state index in [0.717, 1.165) is 35.7 Å². The average Bonchev–Trinajstić information content (AvgIpc) is 2.94. The van der Waals surface area contributed by atoms with Gasteiger partial charge in [-0.25, -0.2) is 4.98 Å². The Morgan fingerprint density at radius 1 is 1.42 bits per heavy atom. The van der Waals surface area contributed by atoms with Gasteiger partial charge in [-0.05, 0) is 38.8 Å². The van der Waals surface area contributed by atoms with E-state index in [1.165, 1.54) is 0 Å². The summed E-state index contributed by atoms with van der Waals surface area (Å²) < 4.78 is 0. The van der Waals surface area contributed by atoms with Gasteiger partial charge in [-0.3, -0.25) is 9.89 Å². The molecule has 7 nitrogen and oxygen atoms in total. The first kappa shape index (κ1) is 18.4. The van der Waals surface area contributed by atoms with Crippen LogP contribution in [0.2, 0.25) is 0 Å². The number of aromatic nitrogens is 3. The molecule has 0 spiro atoms. The molecule has 0 radical (unpaired) electrons. The van der Waals surface area contributed by atoms with Gasteiger partial charge >= 0.3 is 0 Å². The van der Waals surface area contributed by atoms with Crippen LogP contribution in [0, 0.1) is 13.8 Å². The van der Waals surface area contributed by atoms with Gasteiger partial charge in [-0.2, -0.15) is 5.10 Å². The minimum absolute atomic E-state index is 0.0130. The Labute approximate surface area is 154 Å². The van der Waals surface area contributed by atoms with Crippen molar-refractivity contribution in [2.45, 2.75) is 38.7 Å². The number of carbonyl (C=O) groups is 1. The van der Waals surface area contributed by atoms with Crippen LogP contribution >= 0.6 is 0 Å². The summed E-state index contributed by atoms with van der Waals surface area (Å²) in [5.41, 5.74) is 1.78. The standard InChI is InChI=1S/C19H27N5O2/c1-14-16(15(2)22-21-14)11-18(25)23(3)12-19(26)8-6-10-24(13-19)17-7-4-5-9-20-17/h4-5,7,9,26H,6,8,10-13H2,1-3H3,(H,21,22). The number of nitrogens with one attached hydrogen (secondary N) is 1. The number of hydrogen-bond donors (Lipinski definition) is 2. The second-order valence-corrected chi connectivity index (χ2v) is 7.28. The van der Waals surface area contributed by atoms with Crippen molar-refractivity contribution in [2.24, 2.45) is 0 Å². The summed E-state index contributed by atoms with van der Waals surface area (Å²) in [7, 11) is 1.75. The molecule has 1 unspecified atom stereocenters. The number of piperidine rings is 1. The molecule has 7 heteroatoms. The number of pyridine rings is 1. The summed E-state index contributed by atoms with van der Waals surface area (Å²) >= 11 is 0. The number of amides is 1. The van der Waals surface area contributed by atoms with E-state index in [9.17, 15) is 9.90 Å². The molecule has 0 aliphatic carbocycles. The lowest BCUT2D eigenvalue weighted by Gasteiger charge is -2.41. The van der Waals surface area contributed by atoms with Crippen LogP contribution in [-0.4, -0.2) is 63.4 Å². The minimum atomic E-state index is -0.930. The van der Waals surface area contributed by atoms with Gasteiger partial charge in [0.1, 0.15) is 5.82 Å². The molecule has 2 N–H and O–H groups in total. The van der Waals surface area contributed by atoms with Crippen molar-refractivity contribution in [3.05, 3.63) is 41.3 Å². The van der Waals surface area contributed by atoms with E-state index < -0.39 is 5.60 Å². The van der Waals surface area contributed by atoms with Crippen molar-refractivity contribution in [2.75, 3.05) is 31.6 Å². The maximum atomic E-state index is 12.6. The molecule has 3 heterocycles. The van der Waals surface area contributed by atoms with E-state index in [-0.39, 0.29) is 5.91 Å². The smallest absolute Gasteiger partial charge is 0.226 e. The highest BCUT2D eigenvalue weighted by atomic mass is 16.3. The van der Waals surface area contributed by atoms with Gasteiger partial charge in [-0.1, -0.05) is 6.07 Å². The lowest BCUT2D eigenvalue weighted by Crippen LogP contribution is -2.55. The lowest BCUT2D eigenvalue weighted by molar-refractivity contribution is -0.132. The summed E-state index contributed by atoms with van der Waals surface area (Å²) in [6, 6.07) is 5.78. The fraction of sp³-hybridized carbons (Fsp3) is 0.526. The number of carbonyl (C=O) groups excluding carboxylic acids is 1. The molecule has 1 saturated heterocycles. The van der Waals surface area contributed by atoms with E-state index in [1.54, 1.807) is 18.1 Å². The molecule has 3 rings (SSSR count). The number of hydrogen-bond acceptors (Lipinski definition) is 5. The summed E-state index contributed by atoms with van der Waals surface area (Å²) in [6.07, 6.45) is 3.60. The Hall–Kier alpha value is -2.41. The Kier molecular flexibility index (Phi) is 5.27. The molecule has 140 valence electrons. The number of aryl methyl sites for hydroxylation is 2. The zero-order valence-corrected chi connectivity index (χ0v) is 15.7. The zero-order chi connectivity index (χ0) is 18.7. The van der Waals surface area contributed by atoms with Gasteiger partial charge in [0.15, 0.2) is 0 Å². The van der Waals surface area contributed by atoms with Crippen molar-refractivity contribution in [3.63, 3.8) is 0 Å². The molecule has 1 amide bonds. The molecule has 26 heavy (non-hydrogen) atoms. The number of β-amino-alcohol motifs (C(OH)–C–C–N with tert-alkyl or cyclic N) is 1. The molecule has 0 saturated carbocycles. The van der Waals surface area contributed by atoms with Crippen LogP contribution in [-0.2, 0) is 11.2 Å². The van der Waals surface area contributed by atoms with Crippen LogP contribution in [0.5, 0.6) is 0 Å². The monoisotopic (exact) mass is 357 g/mol. The predicted molar refractivity (Wildman–Crippen MR) is 100 cm³/mol. The topological polar surface area (TPSA) is 85.3 Å². The zero-order valence-electron chi connectivity index (χ0n) is 15.7. The second kappa shape index (κ2) is 7.45. The molecule has 1 aliphatic heterocycles. The average molecular weight is 357 g/mol. The Morgan fingerprint density at radius 3 is 2.88 bits per heavy atom. The quantitative estimate of drug-likeness (QED) is 0.846. The first-order valence-corrected chi connectivity index (χ1v) is 9.01. The summed E-state index contributed by atoms with van der Waals surface area (Å²) in [4.78, 5) is 20.7. The van der Waals surface area contributed by atoms with Gasteiger partial charge in [0.2, 0.25) is 5.91 Å². The molecule has 1 aliphatic rings. The summed E-state index contributed by atoms with van der Waals surface area (Å²) in [5.74, 6) is 0.852. The number of aromatic amines is 1. The van der Waals surface area contributed by atoms with Crippen LogP contribution < -0.4 is 4.90 Å². The first-order chi connectivity index (χ1) is 12.4. The number of rotatable bonds is 5. The van der Waals surface area contributed by atoms with E-state index in [0.29, 0.717) is 25.9 Å². The van der Waals surface area contributed by atoms with Gasteiger partial charge in [0.05, 0.1) is 24.3 Å². The molecule has 2 aromatic rings. The summed E-state index contributed by atoms with van der Waals surface area (Å²) in [5, 5.41) is 18.1. The number of H-pyrrole nitrogens is 1. The molecule has 1 atom stereocenters. The number of aliphatic hydroxyl groups is 1. The Morgan fingerprint density at radius 2 is 2.23 bits per heavy atom. The fourth-order valence-electron chi connectivity index (χ4n) is 3.63. The third-order valence-corrected chi connectivity index (χ3v) is 5.09. The van der Waals surface area contributed by atoms with Crippen molar-refractivity contribution in [1.29, 1.82) is 0 Å². The van der Waals surface area contributed by atoms with Crippen LogP contribution in [0.15, 0.2) is 24.4 Å². The summed E-state index contributed by atoms with van der Waals surface area (Å²) in [6.45, 7) is 5.47. The molecule has 0 aromatic carbocycles. The van der Waals surface area contributed by atoms with E-state index >= 15 is 0 Å². The SMILES string of the molecule is Cc1n[nH]c(C)c1CC(=O)N(C)CC1(O)CCCN(c2ccccn2)C1. The normalized spacial score (nSPS) is 20.2. The van der Waals surface area contributed by atoms with Crippen molar-refractivity contribution in [1.82, 2.24) is 20.1 Å². The van der Waals surface area contributed by atoms with Crippen LogP contribution in [0.1, 0.15) is 29.8 Å². The first-order valence-electron chi connectivity index (χ1n) is 9.01. The molecule has 0 bridgehead atoms. The maximum absolute atomic E-state index is 12.6. The van der Waals surface area contributed by atoms with E-state index in [2.05, 4.69) is 20.1 Å². The van der Waals surface area contributed by atoms with Gasteiger partial charge in [-0.15, -0.1) is 0 Å². The highest BCUT2D eigenvalue weighted by Gasteiger charge is 2.36. The molecule has 2 aromatic heterocycles. The minimum Gasteiger partial charge on any atom is -0.386 e. The Balaban J connectivity index is 1.64. The predicted octanol–water partition coefficient (Wildman–Crippen LogP) is 1.45. The van der Waals surface area contributed by atoms with Gasteiger partial charge in [0.25, 0.3) is 0 Å². The highest BCUT2D eigenvalue weighted by Crippen LogP contribution is 2.25. The lowest BCUT2D eigenvalue weighted by atomic mass is 9.92. The maximum Gasteiger partial charge on any atom is 0.226 e. The fourth-order valence-corrected chi connectivity index (χ4v) is 3.63. The van der Waals surface area contributed by atoms with Crippen molar-refractivity contribution >= 4 is 11.7 Å². The third kappa shape index (κ3) is 4.04. The molecular formula is C19H27N5O2. The number of nitrogens with zero attached hydrogens (tertiary/aromatic N) is 4. The van der Waals surface area contributed by atoms with Crippen molar-refractivity contribution in [3.8, 4) is 0 Å². The Bertz CT molecular complexity index is 741. The van der Waals surface area contributed by atoms with Gasteiger partial charge in [0, 0.05) is 37.6 Å². The molecule has 1 fully saturated rings. The van der Waals surface area contributed by atoms with Crippen LogP contribution in [0.4, 0.5) is 5.82 Å². The van der Waals surface area contributed by atoms with E-state index in [1.807, 2.05) is 32.0 Å². The third-order valence-electron chi connectivity index (χ3n) is 5.09. The van der Waals surface area contributed by atoms with Crippen LogP contribution in [0.3, 0.4) is 0 Å². The van der Waals surface area contributed by atoms with E-state index in [4.69, 9.17) is 0 Å². The van der Waals surface area contributed by atoms with Gasteiger partial charge < -0.3 is 14.9 Å². The highest BCUT2D eigenvalue weighted by molar-refractivity contribution is 5.79. The number of anilines is 1. The van der Waals surface area contributed by atoms with Crippen molar-refractivity contribution < 1.29 is 9.90 Å².